The fourth-order valence-electron chi connectivity index (χ4n) is 2.57. The molecule has 0 unspecified atom stereocenters. The highest BCUT2D eigenvalue weighted by Crippen LogP contribution is 2.35. The van der Waals surface area contributed by atoms with Gasteiger partial charge in [0.2, 0.25) is 0 Å². The molecule has 0 radical (unpaired) electrons. The Morgan fingerprint density at radius 2 is 1.39 bits per heavy atom. The molecule has 1 atom stereocenters. The summed E-state index contributed by atoms with van der Waals surface area (Å²) in [6.07, 6.45) is 1.30. The van der Waals surface area contributed by atoms with Crippen LogP contribution in [0.1, 0.15) is 37.8 Å². The number of benzene rings is 2. The van der Waals surface area contributed by atoms with Crippen LogP contribution in [-0.2, 0) is 10.3 Å². The van der Waals surface area contributed by atoms with E-state index in [0.717, 1.165) is 12.8 Å². The van der Waals surface area contributed by atoms with E-state index < -0.39 is 11.7 Å². The van der Waals surface area contributed by atoms with E-state index in [4.69, 9.17) is 4.74 Å². The van der Waals surface area contributed by atoms with Gasteiger partial charge in [-0.15, -0.1) is 0 Å². The van der Waals surface area contributed by atoms with Crippen molar-refractivity contribution in [2.24, 2.45) is 0 Å². The summed E-state index contributed by atoms with van der Waals surface area (Å²) in [7, 11) is 0. The summed E-state index contributed by atoms with van der Waals surface area (Å²) in [6, 6.07) is 11.3. The Morgan fingerprint density at radius 3 is 1.78 bits per heavy atom. The van der Waals surface area contributed by atoms with E-state index in [1.54, 1.807) is 6.92 Å². The van der Waals surface area contributed by atoms with Gasteiger partial charge in [-0.3, -0.25) is 0 Å². The molecule has 0 spiro atoms. The molecular weight excluding hydrogens is 298 g/mol. The van der Waals surface area contributed by atoms with Crippen molar-refractivity contribution in [1.82, 2.24) is 0 Å². The van der Waals surface area contributed by atoms with Crippen LogP contribution in [0.15, 0.2) is 48.5 Å². The average Bonchev–Trinajstić information content (AvgIpc) is 2.55. The van der Waals surface area contributed by atoms with Crippen LogP contribution in [0, 0.1) is 11.6 Å². The third kappa shape index (κ3) is 3.95. The largest absolute Gasteiger partial charge is 0.378 e. The summed E-state index contributed by atoms with van der Waals surface area (Å²) >= 11 is 0. The van der Waals surface area contributed by atoms with Crippen molar-refractivity contribution in [2.45, 2.75) is 38.4 Å². The number of hydrogen-bond acceptors (Lipinski definition) is 2. The molecule has 0 aromatic heterocycles. The predicted octanol–water partition coefficient (Wildman–Crippen LogP) is 4.41. The van der Waals surface area contributed by atoms with E-state index in [1.807, 2.05) is 0 Å². The summed E-state index contributed by atoms with van der Waals surface area (Å²) in [6.45, 7) is 4.34. The highest BCUT2D eigenvalue weighted by Gasteiger charge is 2.38. The van der Waals surface area contributed by atoms with E-state index in [2.05, 4.69) is 6.92 Å². The van der Waals surface area contributed by atoms with Gasteiger partial charge in [-0.25, -0.2) is 8.78 Å². The summed E-state index contributed by atoms with van der Waals surface area (Å²) in [5.74, 6) is -0.760. The first-order valence-electron chi connectivity index (χ1n) is 7.84. The van der Waals surface area contributed by atoms with Gasteiger partial charge in [0.1, 0.15) is 17.2 Å². The lowest BCUT2D eigenvalue weighted by Crippen LogP contribution is -2.40. The van der Waals surface area contributed by atoms with E-state index in [-0.39, 0.29) is 11.6 Å². The molecule has 0 aliphatic heterocycles. The number of aliphatic hydroxyl groups is 1. The summed E-state index contributed by atoms with van der Waals surface area (Å²) in [5.41, 5.74) is -0.459. The first kappa shape index (κ1) is 17.6. The fourth-order valence-corrected chi connectivity index (χ4v) is 2.57. The van der Waals surface area contributed by atoms with Crippen molar-refractivity contribution in [3.8, 4) is 0 Å². The molecule has 0 fully saturated rings. The zero-order chi connectivity index (χ0) is 16.9. The molecule has 2 nitrogen and oxygen atoms in total. The average molecular weight is 320 g/mol. The normalized spacial score (nSPS) is 13.1. The maximum Gasteiger partial charge on any atom is 0.140 e. The molecule has 0 heterocycles. The quantitative estimate of drug-likeness (QED) is 0.766. The van der Waals surface area contributed by atoms with Gasteiger partial charge in [0.25, 0.3) is 0 Å². The highest BCUT2D eigenvalue weighted by atomic mass is 19.1. The summed E-state index contributed by atoms with van der Waals surface area (Å²) in [5, 5.41) is 11.3. The zero-order valence-corrected chi connectivity index (χ0v) is 13.4. The molecule has 4 heteroatoms. The number of ether oxygens (including phenoxy) is 1. The van der Waals surface area contributed by atoms with Crippen LogP contribution in [0.3, 0.4) is 0 Å². The SMILES string of the molecule is CCCCO[C@@H](C)C(O)(c1ccc(F)cc1)c1ccc(F)cc1. The first-order chi connectivity index (χ1) is 11.0. The third-order valence-electron chi connectivity index (χ3n) is 4.02. The molecule has 23 heavy (non-hydrogen) atoms. The maximum absolute atomic E-state index is 13.2. The molecule has 0 saturated heterocycles. The molecule has 0 aliphatic rings. The topological polar surface area (TPSA) is 29.5 Å². The van der Waals surface area contributed by atoms with Crippen molar-refractivity contribution in [3.63, 3.8) is 0 Å². The van der Waals surface area contributed by atoms with Gasteiger partial charge >= 0.3 is 0 Å². The second-order valence-electron chi connectivity index (χ2n) is 5.65. The molecule has 124 valence electrons. The van der Waals surface area contributed by atoms with Crippen molar-refractivity contribution >= 4 is 0 Å². The second-order valence-corrected chi connectivity index (χ2v) is 5.65. The van der Waals surface area contributed by atoms with E-state index in [9.17, 15) is 13.9 Å². The van der Waals surface area contributed by atoms with Gasteiger partial charge in [0.05, 0.1) is 6.10 Å². The van der Waals surface area contributed by atoms with Crippen LogP contribution in [0.5, 0.6) is 0 Å². The van der Waals surface area contributed by atoms with Crippen molar-refractivity contribution < 1.29 is 18.6 Å². The molecule has 0 saturated carbocycles. The number of halogens is 2. The minimum atomic E-state index is -1.48. The smallest absolute Gasteiger partial charge is 0.140 e. The van der Waals surface area contributed by atoms with Gasteiger partial charge in [-0.2, -0.15) is 0 Å². The van der Waals surface area contributed by atoms with Crippen LogP contribution in [-0.4, -0.2) is 17.8 Å². The van der Waals surface area contributed by atoms with Gasteiger partial charge in [-0.1, -0.05) is 37.6 Å². The number of unbranched alkanes of at least 4 members (excludes halogenated alkanes) is 1. The lowest BCUT2D eigenvalue weighted by Gasteiger charge is -2.35. The Bertz CT molecular complexity index is 563. The molecule has 1 N–H and O–H groups in total. The Morgan fingerprint density at radius 1 is 0.957 bits per heavy atom. The van der Waals surface area contributed by atoms with Crippen molar-refractivity contribution in [3.05, 3.63) is 71.3 Å². The number of hydrogen-bond donors (Lipinski definition) is 1. The van der Waals surface area contributed by atoms with E-state index >= 15 is 0 Å². The molecular formula is C19H22F2O2. The van der Waals surface area contributed by atoms with Crippen LogP contribution in [0.25, 0.3) is 0 Å². The van der Waals surface area contributed by atoms with Crippen molar-refractivity contribution in [2.75, 3.05) is 6.61 Å². The van der Waals surface area contributed by atoms with Crippen LogP contribution < -0.4 is 0 Å². The molecule has 0 amide bonds. The Balaban J connectivity index is 2.40. The first-order valence-corrected chi connectivity index (χ1v) is 7.84. The number of rotatable bonds is 7. The minimum absolute atomic E-state index is 0.380. The summed E-state index contributed by atoms with van der Waals surface area (Å²) in [4.78, 5) is 0. The Kier molecular flexibility index (Phi) is 5.85. The highest BCUT2D eigenvalue weighted by molar-refractivity contribution is 5.37. The van der Waals surface area contributed by atoms with E-state index in [0.29, 0.717) is 17.7 Å². The minimum Gasteiger partial charge on any atom is -0.378 e. The molecule has 2 aromatic carbocycles. The third-order valence-corrected chi connectivity index (χ3v) is 4.02. The zero-order valence-electron chi connectivity index (χ0n) is 13.4. The Hall–Kier alpha value is -1.78. The second kappa shape index (κ2) is 7.66. The maximum atomic E-state index is 13.2. The van der Waals surface area contributed by atoms with Gasteiger partial charge in [-0.05, 0) is 48.7 Å². The van der Waals surface area contributed by atoms with Crippen LogP contribution in [0.4, 0.5) is 8.78 Å². The standard InChI is InChI=1S/C19H22F2O2/c1-3-4-13-23-14(2)19(22,15-5-9-17(20)10-6-15)16-7-11-18(21)12-8-16/h5-12,14,22H,3-4,13H2,1-2H3/t14-/m0/s1. The molecule has 2 rings (SSSR count). The molecule has 0 bridgehead atoms. The van der Waals surface area contributed by atoms with Crippen molar-refractivity contribution in [1.29, 1.82) is 0 Å². The van der Waals surface area contributed by atoms with Gasteiger partial charge in [0, 0.05) is 6.61 Å². The van der Waals surface area contributed by atoms with Crippen LogP contribution >= 0.6 is 0 Å². The van der Waals surface area contributed by atoms with Gasteiger partial charge in [0.15, 0.2) is 0 Å². The fraction of sp³-hybridized carbons (Fsp3) is 0.368. The Labute approximate surface area is 135 Å². The van der Waals surface area contributed by atoms with Gasteiger partial charge < -0.3 is 9.84 Å². The molecule has 2 aromatic rings. The summed E-state index contributed by atoms with van der Waals surface area (Å²) < 4.78 is 32.2. The van der Waals surface area contributed by atoms with E-state index in [1.165, 1.54) is 48.5 Å². The van der Waals surface area contributed by atoms with Crippen LogP contribution in [0.2, 0.25) is 0 Å². The molecule has 0 aliphatic carbocycles. The predicted molar refractivity (Wildman–Crippen MR) is 86.1 cm³/mol. The lowest BCUT2D eigenvalue weighted by atomic mass is 9.82. The lowest BCUT2D eigenvalue weighted by molar-refractivity contribution is -0.0810. The monoisotopic (exact) mass is 320 g/mol.